The second-order valence-corrected chi connectivity index (χ2v) is 11.2. The molecule has 9 nitrogen and oxygen atoms in total. The molecule has 1 saturated carbocycles. The first-order chi connectivity index (χ1) is 22.2. The Labute approximate surface area is 264 Å². The molecular weight excluding hydrogens is 593 g/mol. The van der Waals surface area contributed by atoms with Gasteiger partial charge in [0.15, 0.2) is 11.5 Å². The van der Waals surface area contributed by atoms with E-state index in [2.05, 4.69) is 36.8 Å². The normalized spacial score (nSPS) is 12.9. The van der Waals surface area contributed by atoms with E-state index in [0.29, 0.717) is 47.8 Å². The first kappa shape index (κ1) is 30.7. The van der Waals surface area contributed by atoms with Crippen molar-refractivity contribution in [3.63, 3.8) is 0 Å². The molecule has 5 aromatic rings. The monoisotopic (exact) mass is 624 g/mol. The molecule has 3 heterocycles. The van der Waals surface area contributed by atoms with Crippen LogP contribution in [0.2, 0.25) is 0 Å². The van der Waals surface area contributed by atoms with E-state index in [4.69, 9.17) is 9.72 Å². The van der Waals surface area contributed by atoms with Gasteiger partial charge in [0, 0.05) is 35.8 Å². The molecule has 0 radical (unpaired) electrons. The van der Waals surface area contributed by atoms with Crippen molar-refractivity contribution in [2.75, 3.05) is 18.6 Å². The molecule has 6 rings (SSSR count). The number of benzene rings is 2. The molecule has 0 N–H and O–H groups in total. The summed E-state index contributed by atoms with van der Waals surface area (Å²) in [7, 11) is 1.55. The highest BCUT2D eigenvalue weighted by Gasteiger charge is 2.35. The summed E-state index contributed by atoms with van der Waals surface area (Å²) in [5, 5.41) is 0. The molecule has 1 aliphatic carbocycles. The second-order valence-electron chi connectivity index (χ2n) is 11.2. The summed E-state index contributed by atoms with van der Waals surface area (Å²) in [6, 6.07) is 16.7. The zero-order valence-corrected chi connectivity index (χ0v) is 25.5. The molecule has 3 aromatic heterocycles. The number of rotatable bonds is 9. The van der Waals surface area contributed by atoms with E-state index in [-0.39, 0.29) is 11.9 Å². The first-order valence-electron chi connectivity index (χ1n) is 14.8. The van der Waals surface area contributed by atoms with E-state index in [1.54, 1.807) is 19.2 Å². The number of ether oxygens (including phenoxy) is 1. The fourth-order valence-electron chi connectivity index (χ4n) is 5.05. The number of hydrogen-bond donors (Lipinski definition) is 0. The Balaban J connectivity index is 1.33. The number of hydrogen-bond acceptors (Lipinski definition) is 8. The van der Waals surface area contributed by atoms with Crippen LogP contribution in [0.4, 0.5) is 19.1 Å². The number of anilines is 1. The predicted octanol–water partition coefficient (Wildman–Crippen LogP) is 6.74. The SMILES string of the molecule is COc1ncnc(C2CC2)c1-c1ncnc(N(CC#Cc2ccccc2)Cc2ccc(-c3nc(C(F)(F)F)cn3C(C)C)cc2)n1. The number of aromatic nitrogens is 7. The summed E-state index contributed by atoms with van der Waals surface area (Å²) in [5.41, 5.74) is 2.92. The third kappa shape index (κ3) is 6.83. The Morgan fingerprint density at radius 3 is 2.37 bits per heavy atom. The Morgan fingerprint density at radius 2 is 1.70 bits per heavy atom. The van der Waals surface area contributed by atoms with E-state index in [1.807, 2.05) is 61.2 Å². The molecule has 0 unspecified atom stereocenters. The third-order valence-electron chi connectivity index (χ3n) is 7.51. The van der Waals surface area contributed by atoms with E-state index in [0.717, 1.165) is 35.9 Å². The van der Waals surface area contributed by atoms with Crippen molar-refractivity contribution in [1.82, 2.24) is 34.5 Å². The maximum absolute atomic E-state index is 13.5. The van der Waals surface area contributed by atoms with Crippen LogP contribution in [0.3, 0.4) is 0 Å². The molecule has 46 heavy (non-hydrogen) atoms. The van der Waals surface area contributed by atoms with Crippen LogP contribution in [0.1, 0.15) is 61.2 Å². The maximum Gasteiger partial charge on any atom is 0.434 e. The van der Waals surface area contributed by atoms with Crippen LogP contribution in [0, 0.1) is 11.8 Å². The molecule has 0 bridgehead atoms. The molecule has 0 aliphatic heterocycles. The summed E-state index contributed by atoms with van der Waals surface area (Å²) >= 11 is 0. The number of halogens is 3. The van der Waals surface area contributed by atoms with Crippen LogP contribution in [-0.4, -0.2) is 48.1 Å². The quantitative estimate of drug-likeness (QED) is 0.167. The van der Waals surface area contributed by atoms with E-state index >= 15 is 0 Å². The third-order valence-corrected chi connectivity index (χ3v) is 7.51. The maximum atomic E-state index is 13.5. The highest BCUT2D eigenvalue weighted by Crippen LogP contribution is 2.44. The second kappa shape index (κ2) is 13.0. The first-order valence-corrected chi connectivity index (χ1v) is 14.8. The van der Waals surface area contributed by atoms with Crippen LogP contribution < -0.4 is 9.64 Å². The van der Waals surface area contributed by atoms with E-state index in [1.165, 1.54) is 17.2 Å². The topological polar surface area (TPSA) is 94.7 Å². The van der Waals surface area contributed by atoms with Gasteiger partial charge in [-0.15, -0.1) is 0 Å². The summed E-state index contributed by atoms with van der Waals surface area (Å²) < 4.78 is 47.5. The number of methoxy groups -OCH3 is 1. The molecule has 0 spiro atoms. The fourth-order valence-corrected chi connectivity index (χ4v) is 5.05. The van der Waals surface area contributed by atoms with Gasteiger partial charge in [-0.3, -0.25) is 0 Å². The molecule has 234 valence electrons. The van der Waals surface area contributed by atoms with Gasteiger partial charge < -0.3 is 14.2 Å². The minimum Gasteiger partial charge on any atom is -0.480 e. The Morgan fingerprint density at radius 1 is 0.957 bits per heavy atom. The summed E-state index contributed by atoms with van der Waals surface area (Å²) in [4.78, 5) is 28.4. The molecule has 0 saturated heterocycles. The Hall–Kier alpha value is -5.31. The summed E-state index contributed by atoms with van der Waals surface area (Å²) in [5.74, 6) is 8.16. The Bertz CT molecular complexity index is 1870. The molecule has 1 fully saturated rings. The van der Waals surface area contributed by atoms with Crippen LogP contribution in [0.5, 0.6) is 5.88 Å². The van der Waals surface area contributed by atoms with Gasteiger partial charge >= 0.3 is 6.18 Å². The standard InChI is InChI=1S/C34H31F3N8O/c1-22(2)45-19-27(34(35,36)37)42-31(45)26-13-11-24(12-14-26)18-44(17-7-10-23-8-5-4-6-9-23)33-41-21-39-30(43-33)28-29(25-15-16-25)38-20-40-32(28)46-3/h4-6,8-9,11-14,19-22,25H,15-18H2,1-3H3. The fraction of sp³-hybridized carbons (Fsp3) is 0.294. The highest BCUT2D eigenvalue weighted by atomic mass is 19.4. The van der Waals surface area contributed by atoms with Crippen molar-refractivity contribution in [1.29, 1.82) is 0 Å². The van der Waals surface area contributed by atoms with Gasteiger partial charge in [0.1, 0.15) is 24.0 Å². The average Bonchev–Trinajstić information content (AvgIpc) is 3.80. The smallest absolute Gasteiger partial charge is 0.434 e. The van der Waals surface area contributed by atoms with Crippen LogP contribution in [0.25, 0.3) is 22.8 Å². The molecule has 12 heteroatoms. The zero-order chi connectivity index (χ0) is 32.3. The lowest BCUT2D eigenvalue weighted by Gasteiger charge is -2.21. The number of alkyl halides is 3. The lowest BCUT2D eigenvalue weighted by atomic mass is 10.1. The van der Waals surface area contributed by atoms with Crippen molar-refractivity contribution >= 4 is 5.95 Å². The molecular formula is C34H31F3N8O. The minimum absolute atomic E-state index is 0.205. The van der Waals surface area contributed by atoms with E-state index < -0.39 is 11.9 Å². The van der Waals surface area contributed by atoms with Gasteiger partial charge in [0.2, 0.25) is 11.8 Å². The van der Waals surface area contributed by atoms with Crippen molar-refractivity contribution < 1.29 is 17.9 Å². The summed E-state index contributed by atoms with van der Waals surface area (Å²) in [6.07, 6.45) is 1.51. The van der Waals surface area contributed by atoms with Crippen molar-refractivity contribution in [3.8, 4) is 40.5 Å². The van der Waals surface area contributed by atoms with Gasteiger partial charge in [-0.05, 0) is 44.4 Å². The van der Waals surface area contributed by atoms with Gasteiger partial charge in [-0.1, -0.05) is 54.3 Å². The molecule has 0 amide bonds. The molecule has 2 aromatic carbocycles. The average molecular weight is 625 g/mol. The predicted molar refractivity (Wildman–Crippen MR) is 167 cm³/mol. The minimum atomic E-state index is -4.53. The molecule has 0 atom stereocenters. The molecule has 1 aliphatic rings. The van der Waals surface area contributed by atoms with Gasteiger partial charge in [0.05, 0.1) is 19.3 Å². The van der Waals surface area contributed by atoms with Crippen molar-refractivity contribution in [2.45, 2.75) is 51.4 Å². The number of nitrogens with zero attached hydrogens (tertiary/aromatic N) is 8. The Kier molecular flexibility index (Phi) is 8.66. The lowest BCUT2D eigenvalue weighted by Crippen LogP contribution is -2.25. The van der Waals surface area contributed by atoms with Gasteiger partial charge in [-0.2, -0.15) is 18.2 Å². The number of imidazole rings is 1. The van der Waals surface area contributed by atoms with Crippen molar-refractivity contribution in [3.05, 3.63) is 96.0 Å². The highest BCUT2D eigenvalue weighted by molar-refractivity contribution is 5.66. The van der Waals surface area contributed by atoms with E-state index in [9.17, 15) is 13.2 Å². The lowest BCUT2D eigenvalue weighted by molar-refractivity contribution is -0.140. The van der Waals surface area contributed by atoms with Crippen LogP contribution >= 0.6 is 0 Å². The van der Waals surface area contributed by atoms with Gasteiger partial charge in [-0.25, -0.2) is 24.9 Å². The van der Waals surface area contributed by atoms with Gasteiger partial charge in [0.25, 0.3) is 0 Å². The largest absolute Gasteiger partial charge is 0.480 e. The summed E-state index contributed by atoms with van der Waals surface area (Å²) in [6.45, 7) is 4.31. The van der Waals surface area contributed by atoms with Crippen LogP contribution in [-0.2, 0) is 12.7 Å². The zero-order valence-electron chi connectivity index (χ0n) is 25.5. The van der Waals surface area contributed by atoms with Crippen LogP contribution in [0.15, 0.2) is 73.4 Å². The van der Waals surface area contributed by atoms with Crippen molar-refractivity contribution in [2.24, 2.45) is 0 Å².